The van der Waals surface area contributed by atoms with Crippen molar-refractivity contribution in [3.8, 4) is 11.5 Å². The van der Waals surface area contributed by atoms with Crippen molar-refractivity contribution in [1.29, 1.82) is 0 Å². The van der Waals surface area contributed by atoms with Gasteiger partial charge in [-0.25, -0.2) is 9.18 Å². The van der Waals surface area contributed by atoms with Crippen molar-refractivity contribution >= 4 is 17.3 Å². The largest absolute Gasteiger partial charge is 0.448 e. The van der Waals surface area contributed by atoms with Gasteiger partial charge in [0.1, 0.15) is 10.7 Å². The van der Waals surface area contributed by atoms with E-state index in [1.165, 1.54) is 35.6 Å². The number of nitrogens with zero attached hydrogens (tertiary/aromatic N) is 2. The van der Waals surface area contributed by atoms with Crippen molar-refractivity contribution in [2.45, 2.75) is 20.0 Å². The third-order valence-corrected chi connectivity index (χ3v) is 4.09. The van der Waals surface area contributed by atoms with Crippen molar-refractivity contribution < 1.29 is 18.3 Å². The lowest BCUT2D eigenvalue weighted by molar-refractivity contribution is 0.0285. The third-order valence-electron chi connectivity index (χ3n) is 3.10. The number of rotatable bonds is 4. The average molecular weight is 332 g/mol. The Morgan fingerprint density at radius 1 is 1.22 bits per heavy atom. The van der Waals surface area contributed by atoms with Crippen LogP contribution in [-0.4, -0.2) is 16.2 Å². The normalized spacial score (nSPS) is 12.1. The topological polar surface area (TPSA) is 65.2 Å². The molecule has 7 heteroatoms. The van der Waals surface area contributed by atoms with E-state index >= 15 is 0 Å². The lowest BCUT2D eigenvalue weighted by Gasteiger charge is -2.07. The van der Waals surface area contributed by atoms with E-state index in [0.717, 1.165) is 4.88 Å². The van der Waals surface area contributed by atoms with Crippen molar-refractivity contribution in [2.75, 3.05) is 0 Å². The molecule has 0 aliphatic rings. The van der Waals surface area contributed by atoms with Gasteiger partial charge in [-0.1, -0.05) is 0 Å². The summed E-state index contributed by atoms with van der Waals surface area (Å²) < 4.78 is 23.7. The number of aryl methyl sites for hydroxylation is 1. The first-order chi connectivity index (χ1) is 11.0. The number of esters is 1. The molecular formula is C16H13FN2O3S. The highest BCUT2D eigenvalue weighted by Crippen LogP contribution is 2.24. The summed E-state index contributed by atoms with van der Waals surface area (Å²) in [5.41, 5.74) is 0.595. The highest BCUT2D eigenvalue weighted by atomic mass is 32.1. The first-order valence-electron chi connectivity index (χ1n) is 6.89. The van der Waals surface area contributed by atoms with Crippen molar-refractivity contribution in [3.63, 3.8) is 0 Å². The standard InChI is InChI=1S/C16H13FN2O3S/c1-9-3-8-13(23-9)16(20)21-10(2)14-18-19-15(22-14)11-4-6-12(17)7-5-11/h3-8,10H,1-2H3/t10-/m1/s1. The second-order valence-corrected chi connectivity index (χ2v) is 6.20. The summed E-state index contributed by atoms with van der Waals surface area (Å²) in [6.07, 6.45) is -0.674. The first kappa shape index (κ1) is 15.4. The first-order valence-corrected chi connectivity index (χ1v) is 7.71. The van der Waals surface area contributed by atoms with Crippen molar-refractivity contribution in [1.82, 2.24) is 10.2 Å². The molecule has 0 amide bonds. The van der Waals surface area contributed by atoms with Gasteiger partial charge < -0.3 is 9.15 Å². The molecule has 5 nitrogen and oxygen atoms in total. The van der Waals surface area contributed by atoms with Gasteiger partial charge >= 0.3 is 5.97 Å². The van der Waals surface area contributed by atoms with Crippen LogP contribution in [0.3, 0.4) is 0 Å². The lowest BCUT2D eigenvalue weighted by Crippen LogP contribution is -2.08. The number of carbonyl (C=O) groups is 1. The Morgan fingerprint density at radius 2 is 1.96 bits per heavy atom. The summed E-state index contributed by atoms with van der Waals surface area (Å²) in [5.74, 6) is -0.347. The van der Waals surface area contributed by atoms with Crippen LogP contribution >= 0.6 is 11.3 Å². The van der Waals surface area contributed by atoms with E-state index < -0.39 is 12.1 Å². The zero-order chi connectivity index (χ0) is 16.4. The predicted molar refractivity (Wildman–Crippen MR) is 82.6 cm³/mol. The van der Waals surface area contributed by atoms with E-state index in [1.807, 2.05) is 13.0 Å². The van der Waals surface area contributed by atoms with Gasteiger partial charge in [-0.2, -0.15) is 0 Å². The monoisotopic (exact) mass is 332 g/mol. The number of halogens is 1. The Labute approximate surface area is 135 Å². The summed E-state index contributed by atoms with van der Waals surface area (Å²) >= 11 is 1.36. The maximum Gasteiger partial charge on any atom is 0.349 e. The van der Waals surface area contributed by atoms with E-state index in [1.54, 1.807) is 13.0 Å². The van der Waals surface area contributed by atoms with Gasteiger partial charge in [0.25, 0.3) is 5.89 Å². The lowest BCUT2D eigenvalue weighted by atomic mass is 10.2. The minimum atomic E-state index is -0.674. The summed E-state index contributed by atoms with van der Waals surface area (Å²) in [6, 6.07) is 9.26. The Hall–Kier alpha value is -2.54. The van der Waals surface area contributed by atoms with Crippen LogP contribution in [0.25, 0.3) is 11.5 Å². The number of ether oxygens (including phenoxy) is 1. The molecule has 0 bridgehead atoms. The fourth-order valence-electron chi connectivity index (χ4n) is 1.92. The summed E-state index contributed by atoms with van der Waals surface area (Å²) in [4.78, 5) is 13.6. The van der Waals surface area contributed by atoms with Crippen LogP contribution in [0, 0.1) is 12.7 Å². The van der Waals surface area contributed by atoms with E-state index in [9.17, 15) is 9.18 Å². The molecule has 0 spiro atoms. The van der Waals surface area contributed by atoms with Gasteiger partial charge in [-0.3, -0.25) is 0 Å². The molecule has 3 aromatic rings. The van der Waals surface area contributed by atoms with Crippen molar-refractivity contribution in [2.24, 2.45) is 0 Å². The second kappa shape index (κ2) is 6.29. The fraction of sp³-hybridized carbons (Fsp3) is 0.188. The molecule has 0 unspecified atom stereocenters. The van der Waals surface area contributed by atoms with Crippen LogP contribution in [0.5, 0.6) is 0 Å². The van der Waals surface area contributed by atoms with Gasteiger partial charge in [0.05, 0.1) is 0 Å². The number of hydrogen-bond acceptors (Lipinski definition) is 6. The Morgan fingerprint density at radius 3 is 2.61 bits per heavy atom. The fourth-order valence-corrected chi connectivity index (χ4v) is 2.67. The SMILES string of the molecule is Cc1ccc(C(=O)O[C@H](C)c2nnc(-c3ccc(F)cc3)o2)s1. The highest BCUT2D eigenvalue weighted by molar-refractivity contribution is 7.13. The molecule has 1 atom stereocenters. The number of hydrogen-bond donors (Lipinski definition) is 0. The maximum absolute atomic E-state index is 12.9. The van der Waals surface area contributed by atoms with Crippen LogP contribution in [0.1, 0.15) is 33.5 Å². The van der Waals surface area contributed by atoms with Crippen LogP contribution < -0.4 is 0 Å². The molecule has 2 aromatic heterocycles. The van der Waals surface area contributed by atoms with Gasteiger partial charge in [0.2, 0.25) is 5.89 Å². The molecule has 0 radical (unpaired) electrons. The van der Waals surface area contributed by atoms with E-state index in [4.69, 9.17) is 9.15 Å². The van der Waals surface area contributed by atoms with E-state index in [2.05, 4.69) is 10.2 Å². The van der Waals surface area contributed by atoms with Crippen LogP contribution in [0.4, 0.5) is 4.39 Å². The summed E-state index contributed by atoms with van der Waals surface area (Å²) in [6.45, 7) is 3.57. The second-order valence-electron chi connectivity index (χ2n) is 4.91. The molecule has 2 heterocycles. The molecule has 3 rings (SSSR count). The molecule has 1 aromatic carbocycles. The van der Waals surface area contributed by atoms with Crippen LogP contribution in [0.2, 0.25) is 0 Å². The molecule has 0 aliphatic carbocycles. The third kappa shape index (κ3) is 3.45. The zero-order valence-corrected chi connectivity index (χ0v) is 13.3. The highest BCUT2D eigenvalue weighted by Gasteiger charge is 2.20. The molecule has 0 saturated heterocycles. The number of aromatic nitrogens is 2. The number of benzene rings is 1. The molecule has 0 fully saturated rings. The van der Waals surface area contributed by atoms with Gasteiger partial charge in [0.15, 0.2) is 6.10 Å². The zero-order valence-electron chi connectivity index (χ0n) is 12.4. The van der Waals surface area contributed by atoms with E-state index in [0.29, 0.717) is 10.4 Å². The Kier molecular flexibility index (Phi) is 4.20. The quantitative estimate of drug-likeness (QED) is 0.671. The minimum Gasteiger partial charge on any atom is -0.448 e. The Balaban J connectivity index is 1.72. The predicted octanol–water partition coefficient (Wildman–Crippen LogP) is 4.16. The smallest absolute Gasteiger partial charge is 0.349 e. The molecule has 0 N–H and O–H groups in total. The maximum atomic E-state index is 12.9. The van der Waals surface area contributed by atoms with Gasteiger partial charge in [-0.05, 0) is 50.2 Å². The summed E-state index contributed by atoms with van der Waals surface area (Å²) in [5, 5.41) is 7.78. The number of carbonyl (C=O) groups excluding carboxylic acids is 1. The number of thiophene rings is 1. The average Bonchev–Trinajstić information content (AvgIpc) is 3.17. The molecule has 0 aliphatic heterocycles. The van der Waals surface area contributed by atoms with Crippen LogP contribution in [0.15, 0.2) is 40.8 Å². The summed E-state index contributed by atoms with van der Waals surface area (Å²) in [7, 11) is 0. The minimum absolute atomic E-state index is 0.186. The Bertz CT molecular complexity index is 826. The molecule has 23 heavy (non-hydrogen) atoms. The van der Waals surface area contributed by atoms with Gasteiger partial charge in [0, 0.05) is 10.4 Å². The molecular weight excluding hydrogens is 319 g/mol. The molecule has 118 valence electrons. The van der Waals surface area contributed by atoms with Crippen molar-refractivity contribution in [3.05, 3.63) is 57.9 Å². The van der Waals surface area contributed by atoms with Gasteiger partial charge in [-0.15, -0.1) is 21.5 Å². The van der Waals surface area contributed by atoms with Crippen LogP contribution in [-0.2, 0) is 4.74 Å². The molecule has 0 saturated carbocycles. The van der Waals surface area contributed by atoms with E-state index in [-0.39, 0.29) is 17.6 Å².